The Hall–Kier alpha value is -2.38. The van der Waals surface area contributed by atoms with E-state index in [4.69, 9.17) is 16.6 Å². The van der Waals surface area contributed by atoms with Crippen molar-refractivity contribution in [1.82, 2.24) is 14.8 Å². The highest BCUT2D eigenvalue weighted by molar-refractivity contribution is 6.36. The number of amides is 2. The number of fused-ring (bicyclic) bond motifs is 2. The lowest BCUT2D eigenvalue weighted by Gasteiger charge is -2.39. The van der Waals surface area contributed by atoms with E-state index in [9.17, 15) is 19.8 Å². The molecule has 1 aromatic heterocycles. The minimum absolute atomic E-state index is 0.125. The number of piperazine rings is 1. The molecule has 1 aromatic carbocycles. The van der Waals surface area contributed by atoms with Crippen LogP contribution in [0.5, 0.6) is 0 Å². The number of aliphatic hydroxyl groups excluding tert-OH is 1. The summed E-state index contributed by atoms with van der Waals surface area (Å²) < 4.78 is 0. The molecule has 2 aliphatic rings. The number of benzene rings is 1. The number of aromatic nitrogens is 1. The molecule has 29 heavy (non-hydrogen) atoms. The Kier molecular flexibility index (Phi) is 5.61. The standard InChI is InChI=1S/C21H24ClN3O4/c22-19-15-3-1-2-4-17(15)23-18-11-13(5-6-16(18)19)20(27)24-8-9-25(21(28)29)14(12-24)7-10-26/h5-6,11,14,26H,1-4,7-10,12H2,(H,28,29). The number of aryl methyl sites for hydroxylation is 1. The molecular formula is C21H24ClN3O4. The van der Waals surface area contributed by atoms with Crippen LogP contribution in [0.1, 0.15) is 40.9 Å². The van der Waals surface area contributed by atoms with Crippen LogP contribution in [0.2, 0.25) is 5.02 Å². The highest BCUT2D eigenvalue weighted by Crippen LogP contribution is 2.33. The second kappa shape index (κ2) is 8.16. The maximum absolute atomic E-state index is 13.1. The Morgan fingerprint density at radius 3 is 2.76 bits per heavy atom. The van der Waals surface area contributed by atoms with Crippen LogP contribution in [0.15, 0.2) is 18.2 Å². The zero-order valence-electron chi connectivity index (χ0n) is 16.1. The first kappa shape index (κ1) is 19.9. The van der Waals surface area contributed by atoms with Gasteiger partial charge in [0.1, 0.15) is 0 Å². The number of aliphatic hydroxyl groups is 1. The molecule has 1 fully saturated rings. The lowest BCUT2D eigenvalue weighted by molar-refractivity contribution is 0.0424. The summed E-state index contributed by atoms with van der Waals surface area (Å²) in [4.78, 5) is 32.2. The molecule has 4 rings (SSSR count). The van der Waals surface area contributed by atoms with Gasteiger partial charge in [-0.1, -0.05) is 17.7 Å². The first-order valence-electron chi connectivity index (χ1n) is 10.0. The Balaban J connectivity index is 1.61. The van der Waals surface area contributed by atoms with Crippen LogP contribution >= 0.6 is 11.6 Å². The third-order valence-corrected chi connectivity index (χ3v) is 6.35. The monoisotopic (exact) mass is 417 g/mol. The van der Waals surface area contributed by atoms with E-state index in [1.165, 1.54) is 4.90 Å². The lowest BCUT2D eigenvalue weighted by Crippen LogP contribution is -2.56. The maximum atomic E-state index is 13.1. The van der Waals surface area contributed by atoms with E-state index in [1.54, 1.807) is 17.0 Å². The maximum Gasteiger partial charge on any atom is 0.407 e. The van der Waals surface area contributed by atoms with Crippen molar-refractivity contribution < 1.29 is 19.8 Å². The van der Waals surface area contributed by atoms with Gasteiger partial charge in [-0.2, -0.15) is 0 Å². The van der Waals surface area contributed by atoms with Crippen LogP contribution in [-0.4, -0.2) is 69.3 Å². The Bertz CT molecular complexity index is 965. The molecule has 2 N–H and O–H groups in total. The van der Waals surface area contributed by atoms with Crippen molar-refractivity contribution in [1.29, 1.82) is 0 Å². The molecule has 1 aliphatic heterocycles. The van der Waals surface area contributed by atoms with Gasteiger partial charge in [-0.3, -0.25) is 9.78 Å². The van der Waals surface area contributed by atoms with Gasteiger partial charge in [-0.15, -0.1) is 0 Å². The lowest BCUT2D eigenvalue weighted by atomic mass is 9.94. The zero-order chi connectivity index (χ0) is 20.5. The fourth-order valence-corrected chi connectivity index (χ4v) is 4.73. The topological polar surface area (TPSA) is 94.0 Å². The number of carboxylic acid groups (broad SMARTS) is 1. The quantitative estimate of drug-likeness (QED) is 0.800. The normalized spacial score (nSPS) is 19.3. The fourth-order valence-electron chi connectivity index (χ4n) is 4.37. The SMILES string of the molecule is O=C(c1ccc2c(Cl)c3c(nc2c1)CCCC3)N1CCN(C(=O)O)C(CCO)C1. The Morgan fingerprint density at radius 2 is 2.00 bits per heavy atom. The number of halogens is 1. The van der Waals surface area contributed by atoms with Gasteiger partial charge in [-0.25, -0.2) is 4.79 Å². The first-order chi connectivity index (χ1) is 14.0. The van der Waals surface area contributed by atoms with E-state index in [2.05, 4.69) is 0 Å². The predicted octanol–water partition coefficient (Wildman–Crippen LogP) is 2.95. The van der Waals surface area contributed by atoms with Crippen LogP contribution in [0, 0.1) is 0 Å². The molecule has 0 bridgehead atoms. The summed E-state index contributed by atoms with van der Waals surface area (Å²) in [5.74, 6) is -0.157. The molecule has 7 nitrogen and oxygen atoms in total. The number of carbonyl (C=O) groups excluding carboxylic acids is 1. The van der Waals surface area contributed by atoms with Crippen molar-refractivity contribution in [2.24, 2.45) is 0 Å². The average molecular weight is 418 g/mol. The van der Waals surface area contributed by atoms with Gasteiger partial charge < -0.3 is 20.0 Å². The smallest absolute Gasteiger partial charge is 0.407 e. The number of rotatable bonds is 3. The van der Waals surface area contributed by atoms with E-state index >= 15 is 0 Å². The second-order valence-electron chi connectivity index (χ2n) is 7.68. The molecule has 154 valence electrons. The molecule has 0 radical (unpaired) electrons. The van der Waals surface area contributed by atoms with E-state index in [1.807, 2.05) is 6.07 Å². The molecule has 2 amide bonds. The summed E-state index contributed by atoms with van der Waals surface area (Å²) in [6.07, 6.45) is 3.34. The third kappa shape index (κ3) is 3.76. The van der Waals surface area contributed by atoms with Gasteiger partial charge in [0.2, 0.25) is 0 Å². The molecule has 2 heterocycles. The molecule has 2 aromatic rings. The van der Waals surface area contributed by atoms with E-state index in [-0.39, 0.29) is 25.6 Å². The summed E-state index contributed by atoms with van der Waals surface area (Å²) in [6, 6.07) is 4.99. The van der Waals surface area contributed by atoms with Crippen molar-refractivity contribution in [2.45, 2.75) is 38.1 Å². The van der Waals surface area contributed by atoms with Gasteiger partial charge in [0.05, 0.1) is 16.6 Å². The number of carbonyl (C=O) groups is 2. The van der Waals surface area contributed by atoms with E-state index < -0.39 is 12.1 Å². The van der Waals surface area contributed by atoms with Crippen molar-refractivity contribution in [3.63, 3.8) is 0 Å². The number of pyridine rings is 1. The first-order valence-corrected chi connectivity index (χ1v) is 10.4. The van der Waals surface area contributed by atoms with Crippen LogP contribution in [0.25, 0.3) is 10.9 Å². The summed E-state index contributed by atoms with van der Waals surface area (Å²) in [6.45, 7) is 0.697. The molecule has 1 aliphatic carbocycles. The van der Waals surface area contributed by atoms with Crippen molar-refractivity contribution in [3.8, 4) is 0 Å². The summed E-state index contributed by atoms with van der Waals surface area (Å²) in [5, 5.41) is 20.2. The highest BCUT2D eigenvalue weighted by atomic mass is 35.5. The predicted molar refractivity (Wildman–Crippen MR) is 110 cm³/mol. The van der Waals surface area contributed by atoms with Crippen LogP contribution < -0.4 is 0 Å². The van der Waals surface area contributed by atoms with E-state index in [0.717, 1.165) is 52.9 Å². The zero-order valence-corrected chi connectivity index (χ0v) is 16.9. The Labute approximate surface area is 173 Å². The van der Waals surface area contributed by atoms with Crippen LogP contribution in [0.3, 0.4) is 0 Å². The minimum atomic E-state index is -1.02. The Morgan fingerprint density at radius 1 is 1.21 bits per heavy atom. The highest BCUT2D eigenvalue weighted by Gasteiger charge is 2.32. The van der Waals surface area contributed by atoms with Gasteiger partial charge >= 0.3 is 6.09 Å². The molecule has 0 spiro atoms. The number of hydrogen-bond acceptors (Lipinski definition) is 4. The molecule has 1 saturated heterocycles. The molecular weight excluding hydrogens is 394 g/mol. The average Bonchev–Trinajstić information content (AvgIpc) is 2.73. The fraction of sp³-hybridized carbons (Fsp3) is 0.476. The van der Waals surface area contributed by atoms with Gasteiger partial charge in [-0.05, 0) is 49.8 Å². The number of hydrogen-bond donors (Lipinski definition) is 2. The van der Waals surface area contributed by atoms with Crippen molar-refractivity contribution in [3.05, 3.63) is 40.0 Å². The van der Waals surface area contributed by atoms with Crippen LogP contribution in [-0.2, 0) is 12.8 Å². The molecule has 1 unspecified atom stereocenters. The van der Waals surface area contributed by atoms with Crippen molar-refractivity contribution in [2.75, 3.05) is 26.2 Å². The van der Waals surface area contributed by atoms with Gasteiger partial charge in [0.15, 0.2) is 0 Å². The van der Waals surface area contributed by atoms with E-state index in [0.29, 0.717) is 18.5 Å². The summed E-state index contributed by atoms with van der Waals surface area (Å²) in [7, 11) is 0. The molecule has 0 saturated carbocycles. The molecule has 1 atom stereocenters. The number of nitrogens with zero attached hydrogens (tertiary/aromatic N) is 3. The third-order valence-electron chi connectivity index (χ3n) is 5.92. The molecule has 8 heteroatoms. The summed E-state index contributed by atoms with van der Waals surface area (Å²) >= 11 is 6.62. The van der Waals surface area contributed by atoms with Gasteiger partial charge in [0, 0.05) is 42.9 Å². The largest absolute Gasteiger partial charge is 0.465 e. The van der Waals surface area contributed by atoms with Gasteiger partial charge in [0.25, 0.3) is 5.91 Å². The van der Waals surface area contributed by atoms with Crippen LogP contribution in [0.4, 0.5) is 4.79 Å². The van der Waals surface area contributed by atoms with Crippen molar-refractivity contribution >= 4 is 34.5 Å². The minimum Gasteiger partial charge on any atom is -0.465 e. The summed E-state index contributed by atoms with van der Waals surface area (Å²) in [5.41, 5.74) is 3.39. The second-order valence-corrected chi connectivity index (χ2v) is 8.06.